The second-order valence-corrected chi connectivity index (χ2v) is 6.34. The molecule has 9 heteroatoms. The first-order valence-corrected chi connectivity index (χ1v) is 8.52. The van der Waals surface area contributed by atoms with Crippen molar-refractivity contribution in [3.63, 3.8) is 0 Å². The van der Waals surface area contributed by atoms with Crippen LogP contribution in [0.1, 0.15) is 42.5 Å². The van der Waals surface area contributed by atoms with Crippen LogP contribution in [0.15, 0.2) is 12.3 Å². The number of rotatable bonds is 6. The minimum atomic E-state index is -4.28. The van der Waals surface area contributed by atoms with Gasteiger partial charge in [0.15, 0.2) is 5.69 Å². The fraction of sp³-hybridized carbons (Fsp3) is 0.471. The van der Waals surface area contributed by atoms with E-state index in [1.807, 2.05) is 6.92 Å². The Balaban J connectivity index is 2.50. The fourth-order valence-electron chi connectivity index (χ4n) is 2.66. The Morgan fingerprint density at radius 2 is 2.04 bits per heavy atom. The van der Waals surface area contributed by atoms with Crippen LogP contribution in [0.5, 0.6) is 0 Å². The Morgan fingerprint density at radius 1 is 1.38 bits per heavy atom. The van der Waals surface area contributed by atoms with Crippen LogP contribution >= 0.6 is 11.6 Å². The molecule has 0 bridgehead atoms. The van der Waals surface area contributed by atoms with Crippen molar-refractivity contribution in [3.05, 3.63) is 34.2 Å². The van der Waals surface area contributed by atoms with Gasteiger partial charge in [-0.1, -0.05) is 25.4 Å². The van der Waals surface area contributed by atoms with Gasteiger partial charge in [-0.3, -0.25) is 9.67 Å². The molecule has 0 aromatic carbocycles. The number of alkyl halides is 3. The van der Waals surface area contributed by atoms with Crippen molar-refractivity contribution < 1.29 is 23.1 Å². The summed E-state index contributed by atoms with van der Waals surface area (Å²) in [5.41, 5.74) is 1.78. The molecule has 26 heavy (non-hydrogen) atoms. The van der Waals surface area contributed by atoms with Crippen molar-refractivity contribution in [1.29, 1.82) is 0 Å². The summed E-state index contributed by atoms with van der Waals surface area (Å²) in [5, 5.41) is 13.2. The van der Waals surface area contributed by atoms with E-state index in [9.17, 15) is 23.1 Å². The monoisotopic (exact) mass is 389 g/mol. The number of carbonyl (C=O) groups is 1. The largest absolute Gasteiger partial charge is 0.476 e. The number of aromatic carboxylic acids is 1. The van der Waals surface area contributed by atoms with Gasteiger partial charge in [0, 0.05) is 30.4 Å². The lowest BCUT2D eigenvalue weighted by Gasteiger charge is -2.16. The fourth-order valence-corrected chi connectivity index (χ4v) is 2.97. The highest BCUT2D eigenvalue weighted by molar-refractivity contribution is 6.35. The molecule has 2 aromatic heterocycles. The van der Waals surface area contributed by atoms with Crippen LogP contribution in [-0.4, -0.2) is 32.0 Å². The van der Waals surface area contributed by atoms with Crippen LogP contribution < -0.4 is 0 Å². The average molecular weight is 390 g/mol. The van der Waals surface area contributed by atoms with Gasteiger partial charge in [-0.2, -0.15) is 18.3 Å². The summed E-state index contributed by atoms with van der Waals surface area (Å²) in [6, 6.07) is 1.61. The molecule has 0 aliphatic heterocycles. The van der Waals surface area contributed by atoms with E-state index in [2.05, 4.69) is 10.1 Å². The highest BCUT2D eigenvalue weighted by atomic mass is 35.5. The van der Waals surface area contributed by atoms with Crippen molar-refractivity contribution >= 4 is 17.6 Å². The van der Waals surface area contributed by atoms with Crippen molar-refractivity contribution in [3.8, 4) is 11.3 Å². The first-order chi connectivity index (χ1) is 12.1. The van der Waals surface area contributed by atoms with Crippen LogP contribution in [0.4, 0.5) is 13.2 Å². The molecule has 0 fully saturated rings. The van der Waals surface area contributed by atoms with Gasteiger partial charge in [0.2, 0.25) is 0 Å². The summed E-state index contributed by atoms with van der Waals surface area (Å²) >= 11 is 6.21. The lowest BCUT2D eigenvalue weighted by molar-refractivity contribution is -0.169. The number of carboxylic acids is 1. The number of halogens is 4. The normalized spacial score (nSPS) is 13.0. The topological polar surface area (TPSA) is 68.0 Å². The Hall–Kier alpha value is -2.09. The summed E-state index contributed by atoms with van der Waals surface area (Å²) in [6.07, 6.45) is -2.54. The molecule has 1 N–H and O–H groups in total. The first-order valence-electron chi connectivity index (χ1n) is 8.14. The summed E-state index contributed by atoms with van der Waals surface area (Å²) in [7, 11) is 0. The Bertz CT molecular complexity index is 818. The number of hydrogen-bond donors (Lipinski definition) is 1. The Kier molecular flexibility index (Phi) is 5.95. The van der Waals surface area contributed by atoms with E-state index in [0.29, 0.717) is 29.9 Å². The summed E-state index contributed by atoms with van der Waals surface area (Å²) < 4.78 is 39.8. The molecular formula is C17H19ClF3N3O2. The number of hydrogen-bond acceptors (Lipinski definition) is 3. The molecule has 0 spiro atoms. The molecule has 0 aliphatic carbocycles. The molecule has 5 nitrogen and oxygen atoms in total. The third kappa shape index (κ3) is 4.00. The van der Waals surface area contributed by atoms with E-state index in [-0.39, 0.29) is 17.1 Å². The molecule has 2 aromatic rings. The van der Waals surface area contributed by atoms with Crippen LogP contribution in [-0.2, 0) is 19.4 Å². The lowest BCUT2D eigenvalue weighted by atomic mass is 9.99. The molecule has 0 amide bonds. The van der Waals surface area contributed by atoms with Crippen molar-refractivity contribution in [2.45, 2.75) is 46.3 Å². The van der Waals surface area contributed by atoms with E-state index in [1.165, 1.54) is 10.9 Å². The van der Waals surface area contributed by atoms with Crippen LogP contribution in [0.25, 0.3) is 11.3 Å². The SMILES string of the molecule is CCc1cc(CC(C)C(F)(F)F)ncc1-c1c(Cl)c(C(=O)O)nn1CC. The molecule has 0 radical (unpaired) electrons. The van der Waals surface area contributed by atoms with Gasteiger partial charge in [-0.05, 0) is 25.0 Å². The number of nitrogens with zero attached hydrogens (tertiary/aromatic N) is 3. The number of carboxylic acid groups (broad SMARTS) is 1. The zero-order valence-electron chi connectivity index (χ0n) is 14.6. The molecular weight excluding hydrogens is 371 g/mol. The molecule has 0 aliphatic rings. The van der Waals surface area contributed by atoms with Gasteiger partial charge in [-0.25, -0.2) is 4.79 Å². The molecule has 1 atom stereocenters. The quantitative estimate of drug-likeness (QED) is 0.782. The number of pyridine rings is 1. The van der Waals surface area contributed by atoms with Gasteiger partial charge < -0.3 is 5.11 Å². The van der Waals surface area contributed by atoms with Gasteiger partial charge in [0.1, 0.15) is 5.02 Å². The van der Waals surface area contributed by atoms with Crippen LogP contribution in [0.2, 0.25) is 5.02 Å². The predicted octanol–water partition coefficient (Wildman–Crippen LogP) is 4.62. The Labute approximate surface area is 153 Å². The van der Waals surface area contributed by atoms with E-state index in [4.69, 9.17) is 11.6 Å². The van der Waals surface area contributed by atoms with Crippen molar-refractivity contribution in [2.24, 2.45) is 5.92 Å². The van der Waals surface area contributed by atoms with Crippen molar-refractivity contribution in [1.82, 2.24) is 14.8 Å². The molecule has 2 rings (SSSR count). The van der Waals surface area contributed by atoms with Gasteiger partial charge in [-0.15, -0.1) is 0 Å². The molecule has 142 valence electrons. The maximum absolute atomic E-state index is 12.8. The maximum Gasteiger partial charge on any atom is 0.391 e. The minimum absolute atomic E-state index is 0.00717. The first kappa shape index (κ1) is 20.2. The molecule has 2 heterocycles. The third-order valence-corrected chi connectivity index (χ3v) is 4.51. The van der Waals surface area contributed by atoms with Crippen LogP contribution in [0.3, 0.4) is 0 Å². The van der Waals surface area contributed by atoms with E-state index < -0.39 is 18.1 Å². The smallest absolute Gasteiger partial charge is 0.391 e. The zero-order chi connectivity index (χ0) is 19.6. The average Bonchev–Trinajstić information content (AvgIpc) is 2.90. The number of aryl methyl sites for hydroxylation is 2. The van der Waals surface area contributed by atoms with Gasteiger partial charge >= 0.3 is 12.1 Å². The minimum Gasteiger partial charge on any atom is -0.476 e. The van der Waals surface area contributed by atoms with Gasteiger partial charge in [0.25, 0.3) is 0 Å². The summed E-state index contributed by atoms with van der Waals surface area (Å²) in [4.78, 5) is 15.4. The van der Waals surface area contributed by atoms with E-state index in [1.54, 1.807) is 13.0 Å². The van der Waals surface area contributed by atoms with E-state index >= 15 is 0 Å². The second-order valence-electron chi connectivity index (χ2n) is 5.97. The summed E-state index contributed by atoms with van der Waals surface area (Å²) in [6.45, 7) is 5.15. The highest BCUT2D eigenvalue weighted by Crippen LogP contribution is 2.34. The third-order valence-electron chi connectivity index (χ3n) is 4.15. The zero-order valence-corrected chi connectivity index (χ0v) is 15.3. The van der Waals surface area contributed by atoms with E-state index in [0.717, 1.165) is 12.5 Å². The molecule has 1 unspecified atom stereocenters. The second kappa shape index (κ2) is 7.65. The predicted molar refractivity (Wildman–Crippen MR) is 91.4 cm³/mol. The maximum atomic E-state index is 12.8. The lowest BCUT2D eigenvalue weighted by Crippen LogP contribution is -2.22. The standard InChI is InChI=1S/C17H19ClF3N3O2/c1-4-10-7-11(6-9(3)17(19,20)21)22-8-12(10)15-13(18)14(16(25)26)23-24(15)5-2/h7-9H,4-6H2,1-3H3,(H,25,26). The van der Waals surface area contributed by atoms with Gasteiger partial charge in [0.05, 0.1) is 11.6 Å². The molecule has 0 saturated carbocycles. The van der Waals surface area contributed by atoms with Crippen LogP contribution in [0, 0.1) is 5.92 Å². The number of aromatic nitrogens is 3. The Morgan fingerprint density at radius 3 is 2.54 bits per heavy atom. The van der Waals surface area contributed by atoms with Crippen molar-refractivity contribution in [2.75, 3.05) is 0 Å². The summed E-state index contributed by atoms with van der Waals surface area (Å²) in [5.74, 6) is -2.75. The molecule has 0 saturated heterocycles. The highest BCUT2D eigenvalue weighted by Gasteiger charge is 2.36.